The molecule has 0 amide bonds. The summed E-state index contributed by atoms with van der Waals surface area (Å²) in [5, 5.41) is 24.4. The van der Waals surface area contributed by atoms with Crippen LogP contribution in [0.25, 0.3) is 22.3 Å². The molecule has 32 heavy (non-hydrogen) atoms. The number of hydrogen-bond donors (Lipinski definition) is 1. The summed E-state index contributed by atoms with van der Waals surface area (Å²) in [7, 11) is 0. The predicted molar refractivity (Wildman–Crippen MR) is 102 cm³/mol. The number of rotatable bonds is 5. The number of fused-ring (bicyclic) bond motifs is 1. The Bertz CT molecular complexity index is 1240. The highest BCUT2D eigenvalue weighted by atomic mass is 19.4. The summed E-state index contributed by atoms with van der Waals surface area (Å²) >= 11 is 0. The van der Waals surface area contributed by atoms with Crippen LogP contribution in [0.4, 0.5) is 13.2 Å². The van der Waals surface area contributed by atoms with Crippen molar-refractivity contribution in [3.05, 3.63) is 31.0 Å². The van der Waals surface area contributed by atoms with E-state index in [1.807, 2.05) is 12.1 Å². The van der Waals surface area contributed by atoms with E-state index in [0.717, 1.165) is 5.39 Å². The quantitative estimate of drug-likeness (QED) is 0.597. The maximum Gasteiger partial charge on any atom is 0.490 e. The van der Waals surface area contributed by atoms with E-state index in [0.29, 0.717) is 16.9 Å². The van der Waals surface area contributed by atoms with Gasteiger partial charge in [-0.2, -0.15) is 28.8 Å². The lowest BCUT2D eigenvalue weighted by Crippen LogP contribution is -2.32. The fraction of sp³-hybridized carbons (Fsp3) is 0.400. The molecule has 0 radical (unpaired) electrons. The normalized spacial score (nSPS) is 21.7. The molecule has 3 aromatic rings. The summed E-state index contributed by atoms with van der Waals surface area (Å²) in [6.45, 7) is 0. The van der Waals surface area contributed by atoms with E-state index in [1.54, 1.807) is 18.6 Å². The van der Waals surface area contributed by atoms with Crippen LogP contribution in [0.15, 0.2) is 31.0 Å². The molecule has 9 nitrogen and oxygen atoms in total. The first-order chi connectivity index (χ1) is 15.3. The van der Waals surface area contributed by atoms with Crippen molar-refractivity contribution in [1.82, 2.24) is 24.7 Å². The molecule has 4 rings (SSSR count). The molecule has 3 heterocycles. The van der Waals surface area contributed by atoms with Gasteiger partial charge in [-0.15, -0.1) is 0 Å². The van der Waals surface area contributed by atoms with Crippen molar-refractivity contribution in [1.29, 1.82) is 10.5 Å². The van der Waals surface area contributed by atoms with Gasteiger partial charge in [-0.25, -0.2) is 14.8 Å². The lowest BCUT2D eigenvalue weighted by atomic mass is 9.78. The Morgan fingerprint density at radius 1 is 1.41 bits per heavy atom. The van der Waals surface area contributed by atoms with Crippen LogP contribution in [-0.4, -0.2) is 43.0 Å². The molecule has 1 aliphatic carbocycles. The minimum atomic E-state index is -5.11. The van der Waals surface area contributed by atoms with Gasteiger partial charge in [-0.05, 0) is 18.9 Å². The second-order valence-corrected chi connectivity index (χ2v) is 7.59. The summed E-state index contributed by atoms with van der Waals surface area (Å²) in [4.78, 5) is 22.6. The number of esters is 1. The molecule has 3 aromatic heterocycles. The fourth-order valence-corrected chi connectivity index (χ4v) is 4.19. The molecule has 1 N–H and O–H groups in total. The van der Waals surface area contributed by atoms with Crippen molar-refractivity contribution in [3.8, 4) is 23.4 Å². The van der Waals surface area contributed by atoms with Crippen LogP contribution in [-0.2, 0) is 9.53 Å². The van der Waals surface area contributed by atoms with Crippen LogP contribution in [0, 0.1) is 28.1 Å². The minimum absolute atomic E-state index is 0.0846. The molecule has 1 fully saturated rings. The Balaban J connectivity index is 1.63. The van der Waals surface area contributed by atoms with Gasteiger partial charge in [0.15, 0.2) is 0 Å². The van der Waals surface area contributed by atoms with Crippen molar-refractivity contribution in [2.45, 2.75) is 44.0 Å². The minimum Gasteiger partial charge on any atom is -0.456 e. The maximum atomic E-state index is 12.6. The smallest absolute Gasteiger partial charge is 0.456 e. The number of nitrogens with one attached hydrogen (secondary N) is 1. The largest absolute Gasteiger partial charge is 0.490 e. The van der Waals surface area contributed by atoms with Crippen molar-refractivity contribution >= 4 is 17.0 Å². The second kappa shape index (κ2) is 7.96. The summed E-state index contributed by atoms with van der Waals surface area (Å²) in [6, 6.07) is 5.25. The molecule has 164 valence electrons. The van der Waals surface area contributed by atoms with Gasteiger partial charge < -0.3 is 9.72 Å². The second-order valence-electron chi connectivity index (χ2n) is 7.59. The average Bonchev–Trinajstić information content (AvgIpc) is 3.50. The van der Waals surface area contributed by atoms with E-state index in [1.165, 1.54) is 11.0 Å². The SMILES string of the molecule is N#CCC(n1cc(-c2ncnc3[nH]ccc23)cn1)C1(C#N)CCC(OC(=O)C(F)(F)F)C1. The average molecular weight is 443 g/mol. The van der Waals surface area contributed by atoms with Gasteiger partial charge >= 0.3 is 12.1 Å². The highest BCUT2D eigenvalue weighted by Crippen LogP contribution is 2.49. The van der Waals surface area contributed by atoms with E-state index >= 15 is 0 Å². The van der Waals surface area contributed by atoms with Crippen LogP contribution in [0.2, 0.25) is 0 Å². The van der Waals surface area contributed by atoms with E-state index in [2.05, 4.69) is 30.9 Å². The number of ether oxygens (including phenoxy) is 1. The third-order valence-corrected chi connectivity index (χ3v) is 5.70. The number of aromatic nitrogens is 5. The number of hydrogen-bond acceptors (Lipinski definition) is 7. The summed E-state index contributed by atoms with van der Waals surface area (Å²) in [6.07, 6.45) is 0.148. The van der Waals surface area contributed by atoms with E-state index in [-0.39, 0.29) is 25.7 Å². The summed E-state index contributed by atoms with van der Waals surface area (Å²) < 4.78 is 43.7. The van der Waals surface area contributed by atoms with Crippen molar-refractivity contribution in [3.63, 3.8) is 0 Å². The van der Waals surface area contributed by atoms with Crippen LogP contribution >= 0.6 is 0 Å². The molecule has 0 spiro atoms. The number of nitrogens with zero attached hydrogens (tertiary/aromatic N) is 6. The van der Waals surface area contributed by atoms with Crippen molar-refractivity contribution in [2.75, 3.05) is 0 Å². The zero-order valence-corrected chi connectivity index (χ0v) is 16.5. The first-order valence-corrected chi connectivity index (χ1v) is 9.66. The van der Waals surface area contributed by atoms with Gasteiger partial charge in [0, 0.05) is 29.8 Å². The molecule has 0 saturated heterocycles. The number of carbonyl (C=O) groups excluding carboxylic acids is 1. The molecule has 3 unspecified atom stereocenters. The standard InChI is InChI=1S/C20H16F3N7O2/c21-20(22,23)18(31)32-13-1-4-19(7-13,10-25)15(2-5-24)30-9-12(8-29-30)16-14-3-6-26-17(14)28-11-27-16/h3,6,8-9,11,13,15H,1-2,4,7H2,(H,26,27,28). The predicted octanol–water partition coefficient (Wildman–Crippen LogP) is 3.44. The van der Waals surface area contributed by atoms with E-state index in [4.69, 9.17) is 0 Å². The lowest BCUT2D eigenvalue weighted by Gasteiger charge is -2.30. The van der Waals surface area contributed by atoms with Crippen LogP contribution in [0.1, 0.15) is 31.7 Å². The molecule has 1 saturated carbocycles. The molecular formula is C20H16F3N7O2. The van der Waals surface area contributed by atoms with Gasteiger partial charge in [0.2, 0.25) is 0 Å². The Hall–Kier alpha value is -3.93. The number of halogens is 3. The maximum absolute atomic E-state index is 12.6. The monoisotopic (exact) mass is 443 g/mol. The Morgan fingerprint density at radius 2 is 2.22 bits per heavy atom. The van der Waals surface area contributed by atoms with Crippen molar-refractivity contribution < 1.29 is 22.7 Å². The van der Waals surface area contributed by atoms with Gasteiger partial charge in [-0.3, -0.25) is 4.68 Å². The van der Waals surface area contributed by atoms with Crippen LogP contribution in [0.5, 0.6) is 0 Å². The topological polar surface area (TPSA) is 133 Å². The first-order valence-electron chi connectivity index (χ1n) is 9.66. The molecular weight excluding hydrogens is 427 g/mol. The zero-order valence-electron chi connectivity index (χ0n) is 16.5. The van der Waals surface area contributed by atoms with Gasteiger partial charge in [-0.1, -0.05) is 0 Å². The third kappa shape index (κ3) is 3.75. The van der Waals surface area contributed by atoms with Crippen molar-refractivity contribution in [2.24, 2.45) is 5.41 Å². The Kier molecular flexibility index (Phi) is 5.30. The fourth-order valence-electron chi connectivity index (χ4n) is 4.19. The summed E-state index contributed by atoms with van der Waals surface area (Å²) in [5.41, 5.74) is 0.651. The van der Waals surface area contributed by atoms with Crippen LogP contribution in [0.3, 0.4) is 0 Å². The highest BCUT2D eigenvalue weighted by molar-refractivity contribution is 5.89. The molecule has 12 heteroatoms. The Morgan fingerprint density at radius 3 is 2.94 bits per heavy atom. The molecule has 0 bridgehead atoms. The molecule has 0 aromatic carbocycles. The molecule has 1 aliphatic rings. The summed E-state index contributed by atoms with van der Waals surface area (Å²) in [5.74, 6) is -2.28. The number of aromatic amines is 1. The molecule has 3 atom stereocenters. The van der Waals surface area contributed by atoms with E-state index in [9.17, 15) is 28.5 Å². The number of H-pyrrole nitrogens is 1. The number of alkyl halides is 3. The third-order valence-electron chi connectivity index (χ3n) is 5.70. The lowest BCUT2D eigenvalue weighted by molar-refractivity contribution is -0.204. The van der Waals surface area contributed by atoms with Gasteiger partial charge in [0.1, 0.15) is 18.1 Å². The number of carbonyl (C=O) groups is 1. The molecule has 0 aliphatic heterocycles. The van der Waals surface area contributed by atoms with Gasteiger partial charge in [0.25, 0.3) is 0 Å². The zero-order chi connectivity index (χ0) is 22.9. The number of nitriles is 2. The van der Waals surface area contributed by atoms with Gasteiger partial charge in [0.05, 0.1) is 41.9 Å². The highest BCUT2D eigenvalue weighted by Gasteiger charge is 2.50. The van der Waals surface area contributed by atoms with Crippen LogP contribution < -0.4 is 0 Å². The Labute approximate surface area is 179 Å². The van der Waals surface area contributed by atoms with E-state index < -0.39 is 29.7 Å². The first kappa shape index (κ1) is 21.3.